The first-order valence-electron chi connectivity index (χ1n) is 12.6. The number of nitrogens with one attached hydrogen (secondary N) is 3. The zero-order chi connectivity index (χ0) is 26.3. The van der Waals surface area contributed by atoms with Gasteiger partial charge in [0.1, 0.15) is 0 Å². The summed E-state index contributed by atoms with van der Waals surface area (Å²) in [5, 5.41) is 13.6. The molecular weight excluding hydrogens is 541 g/mol. The number of aromatic nitrogens is 4. The van der Waals surface area contributed by atoms with Gasteiger partial charge in [-0.25, -0.2) is 4.68 Å². The van der Waals surface area contributed by atoms with E-state index in [9.17, 15) is 9.59 Å². The van der Waals surface area contributed by atoms with Crippen molar-refractivity contribution >= 4 is 33.1 Å². The third-order valence-electron chi connectivity index (χ3n) is 6.43. The molecule has 1 atom stereocenters. The minimum atomic E-state index is -0.240. The van der Waals surface area contributed by atoms with Crippen molar-refractivity contribution in [2.24, 2.45) is 0 Å². The number of benzene rings is 2. The van der Waals surface area contributed by atoms with Gasteiger partial charge in [0.15, 0.2) is 0 Å². The Balaban J connectivity index is 1.25. The van der Waals surface area contributed by atoms with E-state index in [0.29, 0.717) is 27.8 Å². The van der Waals surface area contributed by atoms with E-state index in [1.807, 2.05) is 42.6 Å². The molecule has 192 valence electrons. The van der Waals surface area contributed by atoms with Crippen molar-refractivity contribution in [1.29, 1.82) is 0 Å². The van der Waals surface area contributed by atoms with Crippen LogP contribution < -0.4 is 20.4 Å². The molecule has 2 aromatic heterocycles. The van der Waals surface area contributed by atoms with Crippen molar-refractivity contribution in [3.63, 3.8) is 0 Å². The van der Waals surface area contributed by atoms with Crippen molar-refractivity contribution in [2.75, 3.05) is 13.1 Å². The zero-order valence-corrected chi connectivity index (χ0v) is 22.7. The Hall–Kier alpha value is -3.81. The number of amides is 2. The molecule has 2 radical (unpaired) electrons. The standard InChI is InChI=1S/C28H28AsN7O2/c29-26-25(28(38)34-22-7-1-2-12-30-17-22)35-24(18-31-26)20-5-3-6-21(15-20)27(37)32-16-19-8-10-23(11-9-19)36-14-4-13-33-36/h3-6,8-11,13-15,18,22,30H,1-2,7,12,16-17H2,(H,32,37)(H,34,38)/t22-/m0/s1. The zero-order valence-electron chi connectivity index (χ0n) is 20.8. The van der Waals surface area contributed by atoms with E-state index in [4.69, 9.17) is 0 Å². The summed E-state index contributed by atoms with van der Waals surface area (Å²) < 4.78 is 2.29. The minimum absolute atomic E-state index is 0.0659. The molecule has 3 heterocycles. The van der Waals surface area contributed by atoms with Gasteiger partial charge >= 0.3 is 184 Å². The molecule has 38 heavy (non-hydrogen) atoms. The third-order valence-corrected chi connectivity index (χ3v) is 7.12. The van der Waals surface area contributed by atoms with Crippen LogP contribution in [0.15, 0.2) is 73.2 Å². The normalized spacial score (nSPS) is 15.4. The number of nitrogens with zero attached hydrogens (tertiary/aromatic N) is 4. The molecule has 1 fully saturated rings. The number of hydrogen-bond acceptors (Lipinski definition) is 6. The summed E-state index contributed by atoms with van der Waals surface area (Å²) in [6, 6.07) is 17.0. The van der Waals surface area contributed by atoms with Gasteiger partial charge in [-0.3, -0.25) is 0 Å². The SMILES string of the molecule is O=C(NCc1ccc(-n2cccn2)cc1)c1cccc(-c2cnc([As])c(C(=O)N[C@H]3CCCCNC3)n2)c1. The van der Waals surface area contributed by atoms with Crippen LogP contribution in [0.5, 0.6) is 0 Å². The van der Waals surface area contributed by atoms with E-state index >= 15 is 0 Å². The van der Waals surface area contributed by atoms with Gasteiger partial charge in [0.2, 0.25) is 0 Å². The summed E-state index contributed by atoms with van der Waals surface area (Å²) in [6.45, 7) is 2.11. The molecule has 2 aromatic carbocycles. The Bertz CT molecular complexity index is 1400. The molecule has 0 unspecified atom stereocenters. The molecule has 3 N–H and O–H groups in total. The van der Waals surface area contributed by atoms with E-state index in [1.165, 1.54) is 0 Å². The van der Waals surface area contributed by atoms with Crippen molar-refractivity contribution < 1.29 is 9.59 Å². The fraction of sp³-hybridized carbons (Fsp3) is 0.250. The van der Waals surface area contributed by atoms with Crippen molar-refractivity contribution in [1.82, 2.24) is 35.7 Å². The van der Waals surface area contributed by atoms with E-state index in [0.717, 1.165) is 43.6 Å². The molecule has 9 nitrogen and oxygen atoms in total. The molecule has 10 heteroatoms. The van der Waals surface area contributed by atoms with Gasteiger partial charge in [-0.15, -0.1) is 0 Å². The summed E-state index contributed by atoms with van der Waals surface area (Å²) in [6.07, 6.45) is 8.35. The number of hydrogen-bond donors (Lipinski definition) is 3. The Morgan fingerprint density at radius 2 is 1.95 bits per heavy atom. The third kappa shape index (κ3) is 6.36. The maximum absolute atomic E-state index is 13.0. The van der Waals surface area contributed by atoms with E-state index in [1.54, 1.807) is 35.3 Å². The van der Waals surface area contributed by atoms with E-state index < -0.39 is 0 Å². The average Bonchev–Trinajstić information content (AvgIpc) is 3.37. The molecule has 4 aromatic rings. The number of carbonyl (C=O) groups is 2. The van der Waals surface area contributed by atoms with Crippen LogP contribution in [-0.4, -0.2) is 67.5 Å². The molecule has 5 rings (SSSR count). The topological polar surface area (TPSA) is 114 Å². The molecule has 0 bridgehead atoms. The Kier molecular flexibility index (Phi) is 8.26. The van der Waals surface area contributed by atoms with Gasteiger partial charge in [-0.05, 0) is 18.2 Å². The summed E-state index contributed by atoms with van der Waals surface area (Å²) in [4.78, 5) is 34.9. The van der Waals surface area contributed by atoms with E-state index in [2.05, 4.69) is 47.9 Å². The first kappa shape index (κ1) is 25.8. The predicted molar refractivity (Wildman–Crippen MR) is 146 cm³/mol. The second-order valence-corrected chi connectivity index (χ2v) is 10.1. The van der Waals surface area contributed by atoms with Gasteiger partial charge in [-0.2, -0.15) is 5.10 Å². The fourth-order valence-corrected chi connectivity index (χ4v) is 4.80. The molecule has 2 amide bonds. The Labute approximate surface area is 230 Å². The maximum atomic E-state index is 13.0. The Morgan fingerprint density at radius 3 is 2.76 bits per heavy atom. The molecular formula is C28H28AsN7O2. The van der Waals surface area contributed by atoms with Crippen molar-refractivity contribution in [3.8, 4) is 16.9 Å². The van der Waals surface area contributed by atoms with Crippen LogP contribution in [0.25, 0.3) is 16.9 Å². The quantitative estimate of drug-likeness (QED) is 0.293. The molecule has 1 aliphatic heterocycles. The molecule has 1 saturated heterocycles. The van der Waals surface area contributed by atoms with Crippen LogP contribution >= 0.6 is 0 Å². The second kappa shape index (κ2) is 12.2. The predicted octanol–water partition coefficient (Wildman–Crippen LogP) is 1.92. The number of carbonyl (C=O) groups excluding carboxylic acids is 2. The van der Waals surface area contributed by atoms with Crippen molar-refractivity contribution in [3.05, 3.63) is 90.0 Å². The van der Waals surface area contributed by atoms with Crippen LogP contribution in [-0.2, 0) is 6.54 Å². The van der Waals surface area contributed by atoms with Crippen molar-refractivity contribution in [2.45, 2.75) is 31.8 Å². The summed E-state index contributed by atoms with van der Waals surface area (Å²) >= 11 is 2.31. The molecule has 0 spiro atoms. The second-order valence-electron chi connectivity index (χ2n) is 9.18. The molecule has 0 aliphatic carbocycles. The van der Waals surface area contributed by atoms with Gasteiger partial charge < -0.3 is 0 Å². The molecule has 0 saturated carbocycles. The van der Waals surface area contributed by atoms with E-state index in [-0.39, 0.29) is 23.6 Å². The summed E-state index contributed by atoms with van der Waals surface area (Å²) in [7, 11) is 0. The summed E-state index contributed by atoms with van der Waals surface area (Å²) in [5.74, 6) is -0.435. The first-order valence-corrected chi connectivity index (χ1v) is 13.6. The fourth-order valence-electron chi connectivity index (χ4n) is 4.36. The van der Waals surface area contributed by atoms with Crippen LogP contribution in [0.1, 0.15) is 45.7 Å². The van der Waals surface area contributed by atoms with Crippen LogP contribution in [0.3, 0.4) is 0 Å². The van der Waals surface area contributed by atoms with Crippen LogP contribution in [0.4, 0.5) is 0 Å². The number of rotatable bonds is 7. The van der Waals surface area contributed by atoms with Gasteiger partial charge in [0, 0.05) is 12.4 Å². The first-order chi connectivity index (χ1) is 18.6. The van der Waals surface area contributed by atoms with Gasteiger partial charge in [0.25, 0.3) is 0 Å². The summed E-state index contributed by atoms with van der Waals surface area (Å²) in [5.41, 5.74) is 3.96. The van der Waals surface area contributed by atoms with Gasteiger partial charge in [-0.1, -0.05) is 0 Å². The monoisotopic (exact) mass is 569 g/mol. The van der Waals surface area contributed by atoms with Crippen LogP contribution in [0.2, 0.25) is 0 Å². The average molecular weight is 570 g/mol. The van der Waals surface area contributed by atoms with Gasteiger partial charge in [0.05, 0.1) is 5.69 Å². The molecule has 1 aliphatic rings. The Morgan fingerprint density at radius 1 is 1.08 bits per heavy atom. The van der Waals surface area contributed by atoms with Crippen LogP contribution in [0, 0.1) is 0 Å².